The topological polar surface area (TPSA) is 92.5 Å². The molecule has 0 aliphatic carbocycles. The second-order valence-corrected chi connectivity index (χ2v) is 5.76. The number of amides is 2. The summed E-state index contributed by atoms with van der Waals surface area (Å²) in [5.74, 6) is -0.160. The summed E-state index contributed by atoms with van der Waals surface area (Å²) in [6.45, 7) is 0.0530. The van der Waals surface area contributed by atoms with E-state index in [9.17, 15) is 9.59 Å². The quantitative estimate of drug-likeness (QED) is 0.615. The fourth-order valence-electron chi connectivity index (χ4n) is 2.61. The van der Waals surface area contributed by atoms with Crippen LogP contribution >= 0.6 is 11.6 Å². The van der Waals surface area contributed by atoms with Gasteiger partial charge in [-0.3, -0.25) is 20.4 Å². The molecule has 0 saturated carbocycles. The molecule has 2 amide bonds. The second kappa shape index (κ2) is 6.03. The highest BCUT2D eigenvalue weighted by molar-refractivity contribution is 6.32. The van der Waals surface area contributed by atoms with Gasteiger partial charge in [0.2, 0.25) is 6.79 Å². The highest BCUT2D eigenvalue weighted by Gasteiger charge is 2.21. The summed E-state index contributed by atoms with van der Waals surface area (Å²) in [7, 11) is 0. The Labute approximate surface area is 146 Å². The Morgan fingerprint density at radius 3 is 2.76 bits per heavy atom. The molecule has 25 heavy (non-hydrogen) atoms. The van der Waals surface area contributed by atoms with E-state index in [1.54, 1.807) is 6.20 Å². The van der Waals surface area contributed by atoms with E-state index in [1.165, 1.54) is 12.1 Å². The van der Waals surface area contributed by atoms with E-state index in [-0.39, 0.29) is 17.4 Å². The molecule has 1 aromatic heterocycles. The maximum atomic E-state index is 12.3. The second-order valence-electron chi connectivity index (χ2n) is 5.35. The van der Waals surface area contributed by atoms with E-state index in [0.29, 0.717) is 17.1 Å². The molecule has 1 aliphatic rings. The zero-order chi connectivity index (χ0) is 17.4. The van der Waals surface area contributed by atoms with Crippen LogP contribution in [0.25, 0.3) is 10.9 Å². The summed E-state index contributed by atoms with van der Waals surface area (Å²) >= 11 is 6.05. The number of hydrogen-bond donors (Lipinski definition) is 3. The van der Waals surface area contributed by atoms with Crippen molar-refractivity contribution in [1.29, 1.82) is 0 Å². The van der Waals surface area contributed by atoms with Gasteiger partial charge in [0, 0.05) is 22.7 Å². The molecule has 2 heterocycles. The minimum Gasteiger partial charge on any atom is -0.454 e. The Bertz CT molecular complexity index is 999. The van der Waals surface area contributed by atoms with Gasteiger partial charge < -0.3 is 14.5 Å². The number of rotatable bonds is 2. The van der Waals surface area contributed by atoms with Gasteiger partial charge in [-0.2, -0.15) is 0 Å². The molecule has 4 rings (SSSR count). The number of halogens is 1. The van der Waals surface area contributed by atoms with Crippen LogP contribution in [-0.2, 0) is 0 Å². The number of carbonyl (C=O) groups is 2. The van der Waals surface area contributed by atoms with E-state index in [0.717, 1.165) is 10.9 Å². The molecule has 126 valence electrons. The van der Waals surface area contributed by atoms with Crippen LogP contribution in [0.5, 0.6) is 11.5 Å². The number of para-hydroxylation sites is 1. The molecule has 0 saturated heterocycles. The summed E-state index contributed by atoms with van der Waals surface area (Å²) in [5, 5.41) is 1.03. The number of H-pyrrole nitrogens is 1. The molecular weight excluding hydrogens is 346 g/mol. The first-order valence-electron chi connectivity index (χ1n) is 7.39. The predicted molar refractivity (Wildman–Crippen MR) is 90.8 cm³/mol. The summed E-state index contributed by atoms with van der Waals surface area (Å²) in [6.07, 6.45) is 1.59. The predicted octanol–water partition coefficient (Wildman–Crippen LogP) is 2.62. The number of fused-ring (bicyclic) bond motifs is 2. The highest BCUT2D eigenvalue weighted by atomic mass is 35.5. The van der Waals surface area contributed by atoms with Gasteiger partial charge in [0.15, 0.2) is 11.5 Å². The van der Waals surface area contributed by atoms with Gasteiger partial charge in [-0.25, -0.2) is 0 Å². The monoisotopic (exact) mass is 357 g/mol. The lowest BCUT2D eigenvalue weighted by Crippen LogP contribution is -2.41. The largest absolute Gasteiger partial charge is 0.454 e. The molecule has 0 radical (unpaired) electrons. The molecule has 7 nitrogen and oxygen atoms in total. The van der Waals surface area contributed by atoms with Gasteiger partial charge in [-0.1, -0.05) is 29.8 Å². The van der Waals surface area contributed by atoms with Crippen molar-refractivity contribution in [2.45, 2.75) is 0 Å². The average Bonchev–Trinajstić information content (AvgIpc) is 3.26. The summed E-state index contributed by atoms with van der Waals surface area (Å²) in [4.78, 5) is 27.5. The van der Waals surface area contributed by atoms with E-state index in [2.05, 4.69) is 15.8 Å². The lowest BCUT2D eigenvalue weighted by molar-refractivity contribution is 0.0847. The molecule has 3 N–H and O–H groups in total. The van der Waals surface area contributed by atoms with Gasteiger partial charge in [0.25, 0.3) is 11.8 Å². The van der Waals surface area contributed by atoms with Crippen molar-refractivity contribution < 1.29 is 19.1 Å². The average molecular weight is 358 g/mol. The number of hydrazine groups is 1. The Morgan fingerprint density at radius 2 is 1.88 bits per heavy atom. The molecule has 0 unspecified atom stereocenters. The van der Waals surface area contributed by atoms with Gasteiger partial charge in [0.05, 0.1) is 10.6 Å². The number of aromatic amines is 1. The minimum absolute atomic E-state index is 0.0530. The first-order chi connectivity index (χ1) is 12.1. The molecule has 0 fully saturated rings. The van der Waals surface area contributed by atoms with Gasteiger partial charge >= 0.3 is 0 Å². The molecule has 8 heteroatoms. The van der Waals surface area contributed by atoms with Crippen molar-refractivity contribution >= 4 is 34.3 Å². The number of aromatic nitrogens is 1. The molecule has 0 atom stereocenters. The lowest BCUT2D eigenvalue weighted by Gasteiger charge is -2.08. The third-order valence-electron chi connectivity index (χ3n) is 3.81. The number of nitrogens with one attached hydrogen (secondary N) is 3. The molecule has 0 bridgehead atoms. The lowest BCUT2D eigenvalue weighted by atomic mass is 10.1. The Balaban J connectivity index is 1.49. The van der Waals surface area contributed by atoms with Crippen LogP contribution in [-0.4, -0.2) is 23.6 Å². The first-order valence-corrected chi connectivity index (χ1v) is 7.77. The fraction of sp³-hybridized carbons (Fsp3) is 0.0588. The van der Waals surface area contributed by atoms with Crippen LogP contribution in [0.2, 0.25) is 5.02 Å². The standard InChI is InChI=1S/C17H12ClN3O4/c18-12-5-9(6-14-15(12)25-8-24-14)16(22)20-21-17(23)11-7-19-13-4-2-1-3-10(11)13/h1-7,19H,8H2,(H,20,22)(H,21,23). The van der Waals surface area contributed by atoms with E-state index in [1.807, 2.05) is 24.3 Å². The third-order valence-corrected chi connectivity index (χ3v) is 4.09. The van der Waals surface area contributed by atoms with E-state index < -0.39 is 11.8 Å². The van der Waals surface area contributed by atoms with Crippen molar-refractivity contribution in [3.63, 3.8) is 0 Å². The number of hydrogen-bond acceptors (Lipinski definition) is 4. The molecule has 0 spiro atoms. The molecular formula is C17H12ClN3O4. The maximum absolute atomic E-state index is 12.3. The summed E-state index contributed by atoms with van der Waals surface area (Å²) in [5.41, 5.74) is 6.26. The Hall–Kier alpha value is -3.19. The van der Waals surface area contributed by atoms with Crippen molar-refractivity contribution in [1.82, 2.24) is 15.8 Å². The Morgan fingerprint density at radius 1 is 1.08 bits per heavy atom. The smallest absolute Gasteiger partial charge is 0.271 e. The normalized spacial score (nSPS) is 12.2. The van der Waals surface area contributed by atoms with Crippen molar-refractivity contribution in [3.05, 3.63) is 58.7 Å². The van der Waals surface area contributed by atoms with Gasteiger partial charge in [0.1, 0.15) is 0 Å². The van der Waals surface area contributed by atoms with Crippen LogP contribution in [0, 0.1) is 0 Å². The Kier molecular flexibility index (Phi) is 3.70. The van der Waals surface area contributed by atoms with E-state index in [4.69, 9.17) is 21.1 Å². The zero-order valence-electron chi connectivity index (χ0n) is 12.8. The van der Waals surface area contributed by atoms with Crippen LogP contribution in [0.3, 0.4) is 0 Å². The van der Waals surface area contributed by atoms with Crippen molar-refractivity contribution in [2.75, 3.05) is 6.79 Å². The first kappa shape index (κ1) is 15.3. The van der Waals surface area contributed by atoms with Crippen LogP contribution in [0.1, 0.15) is 20.7 Å². The molecule has 3 aromatic rings. The minimum atomic E-state index is -0.520. The van der Waals surface area contributed by atoms with Crippen molar-refractivity contribution in [3.8, 4) is 11.5 Å². The number of benzene rings is 2. The van der Waals surface area contributed by atoms with Gasteiger partial charge in [-0.05, 0) is 18.2 Å². The SMILES string of the molecule is O=C(NNC(=O)c1c[nH]c2ccccc12)c1cc(Cl)c2c(c1)OCO2. The van der Waals surface area contributed by atoms with Crippen molar-refractivity contribution in [2.24, 2.45) is 0 Å². The van der Waals surface area contributed by atoms with Gasteiger partial charge in [-0.15, -0.1) is 0 Å². The third kappa shape index (κ3) is 2.74. The van der Waals surface area contributed by atoms with Crippen LogP contribution in [0.4, 0.5) is 0 Å². The highest BCUT2D eigenvalue weighted by Crippen LogP contribution is 2.39. The number of carbonyl (C=O) groups excluding carboxylic acids is 2. The number of ether oxygens (including phenoxy) is 2. The van der Waals surface area contributed by atoms with E-state index >= 15 is 0 Å². The van der Waals surface area contributed by atoms with Crippen LogP contribution in [0.15, 0.2) is 42.6 Å². The zero-order valence-corrected chi connectivity index (χ0v) is 13.5. The summed E-state index contributed by atoms with van der Waals surface area (Å²) < 4.78 is 10.4. The fourth-order valence-corrected chi connectivity index (χ4v) is 2.88. The molecule has 1 aliphatic heterocycles. The summed E-state index contributed by atoms with van der Waals surface area (Å²) in [6, 6.07) is 10.3. The molecule has 2 aromatic carbocycles. The van der Waals surface area contributed by atoms with Crippen LogP contribution < -0.4 is 20.3 Å². The maximum Gasteiger partial charge on any atom is 0.271 e.